The third kappa shape index (κ3) is 5.47. The maximum Gasteiger partial charge on any atom is 0.243 e. The molecule has 1 saturated heterocycles. The second kappa shape index (κ2) is 9.05. The Kier molecular flexibility index (Phi) is 6.52. The summed E-state index contributed by atoms with van der Waals surface area (Å²) in [7, 11) is 0. The van der Waals surface area contributed by atoms with Crippen molar-refractivity contribution < 1.29 is 4.79 Å². The van der Waals surface area contributed by atoms with Gasteiger partial charge in [0.05, 0.1) is 11.9 Å². The van der Waals surface area contributed by atoms with E-state index in [1.54, 1.807) is 6.21 Å². The summed E-state index contributed by atoms with van der Waals surface area (Å²) in [5, 5.41) is 4.05. The van der Waals surface area contributed by atoms with Crippen molar-refractivity contribution in [3.63, 3.8) is 0 Å². The summed E-state index contributed by atoms with van der Waals surface area (Å²) in [4.78, 5) is 19.0. The second-order valence-corrected chi connectivity index (χ2v) is 7.53. The highest BCUT2D eigenvalue weighted by atomic mass is 79.9. The van der Waals surface area contributed by atoms with Crippen LogP contribution in [0.2, 0.25) is 0 Å². The number of hydrogen-bond donors (Lipinski definition) is 1. The molecule has 3 rings (SSSR count). The molecule has 1 aromatic carbocycles. The number of pyridine rings is 1. The Hall–Kier alpha value is -2.05. The Labute approximate surface area is 162 Å². The molecule has 0 unspecified atom stereocenters. The predicted molar refractivity (Wildman–Crippen MR) is 107 cm³/mol. The molecule has 0 saturated carbocycles. The Morgan fingerprint density at radius 2 is 2.00 bits per heavy atom. The minimum absolute atomic E-state index is 0.00260. The fourth-order valence-electron chi connectivity index (χ4n) is 3.09. The molecule has 0 atom stereocenters. The van der Waals surface area contributed by atoms with Crippen molar-refractivity contribution in [2.75, 3.05) is 13.1 Å². The minimum Gasteiger partial charge on any atom is -0.299 e. The van der Waals surface area contributed by atoms with Gasteiger partial charge in [0.15, 0.2) is 0 Å². The van der Waals surface area contributed by atoms with Gasteiger partial charge in [-0.25, -0.2) is 5.43 Å². The van der Waals surface area contributed by atoms with Gasteiger partial charge in [-0.05, 0) is 62.7 Å². The second-order valence-electron chi connectivity index (χ2n) is 6.61. The van der Waals surface area contributed by atoms with Crippen LogP contribution < -0.4 is 5.43 Å². The number of carbonyl (C=O) groups is 1. The summed E-state index contributed by atoms with van der Waals surface area (Å²) in [5.41, 5.74) is 5.63. The Morgan fingerprint density at radius 3 is 2.69 bits per heavy atom. The van der Waals surface area contributed by atoms with E-state index in [2.05, 4.69) is 60.6 Å². The molecule has 1 fully saturated rings. The number of nitrogens with zero attached hydrogens (tertiary/aromatic N) is 3. The number of aryl methyl sites for hydroxylation is 1. The van der Waals surface area contributed by atoms with Crippen molar-refractivity contribution in [3.05, 3.63) is 63.9 Å². The number of nitrogens with one attached hydrogen (secondary N) is 1. The lowest BCUT2D eigenvalue weighted by atomic mass is 9.96. The lowest BCUT2D eigenvalue weighted by Crippen LogP contribution is -2.39. The van der Waals surface area contributed by atoms with E-state index in [0.717, 1.165) is 48.3 Å². The first-order chi connectivity index (χ1) is 12.6. The van der Waals surface area contributed by atoms with E-state index in [1.807, 2.05) is 25.1 Å². The molecule has 1 aliphatic heterocycles. The molecule has 1 amide bonds. The fourth-order valence-corrected chi connectivity index (χ4v) is 3.35. The fraction of sp³-hybridized carbons (Fsp3) is 0.350. The molecule has 0 aliphatic carbocycles. The third-order valence-electron chi connectivity index (χ3n) is 4.56. The van der Waals surface area contributed by atoms with Crippen LogP contribution in [-0.2, 0) is 11.3 Å². The summed E-state index contributed by atoms with van der Waals surface area (Å²) in [5.74, 6) is 0.0241. The maximum atomic E-state index is 12.3. The molecule has 136 valence electrons. The van der Waals surface area contributed by atoms with E-state index < -0.39 is 0 Å². The van der Waals surface area contributed by atoms with E-state index in [4.69, 9.17) is 0 Å². The van der Waals surface area contributed by atoms with Gasteiger partial charge in [0, 0.05) is 22.6 Å². The van der Waals surface area contributed by atoms with Crippen LogP contribution in [-0.4, -0.2) is 35.1 Å². The zero-order valence-corrected chi connectivity index (χ0v) is 16.4. The van der Waals surface area contributed by atoms with Gasteiger partial charge in [0.2, 0.25) is 5.91 Å². The summed E-state index contributed by atoms with van der Waals surface area (Å²) in [6, 6.07) is 14.1. The van der Waals surface area contributed by atoms with Gasteiger partial charge in [-0.15, -0.1) is 0 Å². The summed E-state index contributed by atoms with van der Waals surface area (Å²) >= 11 is 3.46. The largest absolute Gasteiger partial charge is 0.299 e. The Balaban J connectivity index is 1.43. The molecule has 0 radical (unpaired) electrons. The van der Waals surface area contributed by atoms with Crippen molar-refractivity contribution in [1.29, 1.82) is 0 Å². The van der Waals surface area contributed by atoms with Crippen molar-refractivity contribution >= 4 is 28.1 Å². The number of likely N-dealkylation sites (tertiary alicyclic amines) is 1. The highest BCUT2D eigenvalue weighted by molar-refractivity contribution is 9.10. The first kappa shape index (κ1) is 18.7. The summed E-state index contributed by atoms with van der Waals surface area (Å²) in [6.07, 6.45) is 3.31. The number of aromatic nitrogens is 1. The van der Waals surface area contributed by atoms with E-state index >= 15 is 0 Å². The number of hydrogen-bond acceptors (Lipinski definition) is 4. The van der Waals surface area contributed by atoms with Crippen LogP contribution in [0.15, 0.2) is 52.0 Å². The summed E-state index contributed by atoms with van der Waals surface area (Å²) < 4.78 is 1.10. The lowest BCUT2D eigenvalue weighted by molar-refractivity contribution is -0.126. The molecule has 26 heavy (non-hydrogen) atoms. The van der Waals surface area contributed by atoms with E-state index in [9.17, 15) is 4.79 Å². The Morgan fingerprint density at radius 1 is 1.27 bits per heavy atom. The SMILES string of the molecule is Cc1cccc(/C=N/NC(=O)C2CCN(Cc3ccc(Br)cc3)CC2)n1. The van der Waals surface area contributed by atoms with E-state index in [0.29, 0.717) is 0 Å². The molecule has 1 aliphatic rings. The Bertz CT molecular complexity index is 768. The quantitative estimate of drug-likeness (QED) is 0.601. The zero-order valence-electron chi connectivity index (χ0n) is 14.9. The van der Waals surface area contributed by atoms with Gasteiger partial charge in [-0.2, -0.15) is 5.10 Å². The van der Waals surface area contributed by atoms with Crippen molar-refractivity contribution in [3.8, 4) is 0 Å². The van der Waals surface area contributed by atoms with E-state index in [-0.39, 0.29) is 11.8 Å². The molecule has 1 aromatic heterocycles. The van der Waals surface area contributed by atoms with E-state index in [1.165, 1.54) is 5.56 Å². The number of amides is 1. The molecular formula is C20H23BrN4O. The zero-order chi connectivity index (χ0) is 18.4. The van der Waals surface area contributed by atoms with Crippen LogP contribution in [0.1, 0.15) is 29.8 Å². The van der Waals surface area contributed by atoms with Crippen molar-refractivity contribution in [1.82, 2.24) is 15.3 Å². The molecule has 2 aromatic rings. The third-order valence-corrected chi connectivity index (χ3v) is 5.09. The van der Waals surface area contributed by atoms with Gasteiger partial charge in [-0.3, -0.25) is 14.7 Å². The van der Waals surface area contributed by atoms with Gasteiger partial charge in [0.25, 0.3) is 0 Å². The highest BCUT2D eigenvalue weighted by Crippen LogP contribution is 2.20. The van der Waals surface area contributed by atoms with Gasteiger partial charge in [0.1, 0.15) is 0 Å². The molecule has 1 N–H and O–H groups in total. The highest BCUT2D eigenvalue weighted by Gasteiger charge is 2.24. The monoisotopic (exact) mass is 414 g/mol. The van der Waals surface area contributed by atoms with Crippen LogP contribution in [0.4, 0.5) is 0 Å². The van der Waals surface area contributed by atoms with Crippen LogP contribution in [0, 0.1) is 12.8 Å². The smallest absolute Gasteiger partial charge is 0.243 e. The minimum atomic E-state index is -0.00260. The van der Waals surface area contributed by atoms with Crippen molar-refractivity contribution in [2.45, 2.75) is 26.3 Å². The number of benzene rings is 1. The molecular weight excluding hydrogens is 392 g/mol. The van der Waals surface area contributed by atoms with Gasteiger partial charge < -0.3 is 0 Å². The average Bonchev–Trinajstić information content (AvgIpc) is 2.64. The number of carbonyl (C=O) groups excluding carboxylic acids is 1. The normalized spacial score (nSPS) is 16.1. The summed E-state index contributed by atoms with van der Waals surface area (Å²) in [6.45, 7) is 4.71. The average molecular weight is 415 g/mol. The lowest BCUT2D eigenvalue weighted by Gasteiger charge is -2.30. The first-order valence-corrected chi connectivity index (χ1v) is 9.63. The van der Waals surface area contributed by atoms with Gasteiger partial charge >= 0.3 is 0 Å². The molecule has 0 spiro atoms. The number of rotatable bonds is 5. The topological polar surface area (TPSA) is 57.6 Å². The maximum absolute atomic E-state index is 12.3. The van der Waals surface area contributed by atoms with Gasteiger partial charge in [-0.1, -0.05) is 34.1 Å². The van der Waals surface area contributed by atoms with Crippen LogP contribution in [0.5, 0.6) is 0 Å². The molecule has 6 heteroatoms. The number of hydrazone groups is 1. The first-order valence-electron chi connectivity index (χ1n) is 8.83. The van der Waals surface area contributed by atoms with Crippen LogP contribution in [0.3, 0.4) is 0 Å². The van der Waals surface area contributed by atoms with Crippen LogP contribution >= 0.6 is 15.9 Å². The van der Waals surface area contributed by atoms with Crippen LogP contribution in [0.25, 0.3) is 0 Å². The molecule has 2 heterocycles. The number of halogens is 1. The standard InChI is InChI=1S/C20H23BrN4O/c1-15-3-2-4-19(23-15)13-22-24-20(26)17-9-11-25(12-10-17)14-16-5-7-18(21)8-6-16/h2-8,13,17H,9-12,14H2,1H3,(H,24,26)/b22-13+. The number of piperidine rings is 1. The molecule has 5 nitrogen and oxygen atoms in total. The molecule has 0 bridgehead atoms. The predicted octanol–water partition coefficient (Wildman–Crippen LogP) is 3.51. The van der Waals surface area contributed by atoms with Crippen molar-refractivity contribution in [2.24, 2.45) is 11.0 Å².